The summed E-state index contributed by atoms with van der Waals surface area (Å²) in [5.41, 5.74) is -1.34. The number of alkyl halides is 5. The Morgan fingerprint density at radius 2 is 1.63 bits per heavy atom. The van der Waals surface area contributed by atoms with Gasteiger partial charge in [0.05, 0.1) is 19.1 Å². The molecule has 4 aliphatic carbocycles. The molecule has 0 aromatic heterocycles. The zero-order valence-electron chi connectivity index (χ0n) is 16.5. The molecule has 0 radical (unpaired) electrons. The maximum absolute atomic E-state index is 13.9. The second-order valence-corrected chi connectivity index (χ2v) is 8.69. The van der Waals surface area contributed by atoms with Gasteiger partial charge in [-0.3, -0.25) is 9.59 Å². The normalized spacial score (nSPS) is 32.6. The first-order valence-corrected chi connectivity index (χ1v) is 9.67. The molecule has 11 heteroatoms. The number of hydrogen-bond donors (Lipinski definition) is 0. The van der Waals surface area contributed by atoms with E-state index in [1.165, 1.54) is 0 Å². The Balaban J connectivity index is 1.88. The van der Waals surface area contributed by atoms with Gasteiger partial charge in [0.2, 0.25) is 5.92 Å². The summed E-state index contributed by atoms with van der Waals surface area (Å²) in [7, 11) is 0.637. The molecule has 3 atom stereocenters. The van der Waals surface area contributed by atoms with Crippen LogP contribution in [0.1, 0.15) is 45.4 Å². The lowest BCUT2D eigenvalue weighted by molar-refractivity contribution is -0.359. The molecule has 3 unspecified atom stereocenters. The second-order valence-electron chi connectivity index (χ2n) is 8.69. The van der Waals surface area contributed by atoms with E-state index < -0.39 is 60.1 Å². The summed E-state index contributed by atoms with van der Waals surface area (Å²) in [6.07, 6.45) is -5.22. The lowest BCUT2D eigenvalue weighted by Gasteiger charge is -2.54. The average molecular weight is 442 g/mol. The van der Waals surface area contributed by atoms with Crippen LogP contribution in [-0.4, -0.2) is 49.3 Å². The van der Waals surface area contributed by atoms with Gasteiger partial charge in [0.1, 0.15) is 5.78 Å². The fourth-order valence-electron chi connectivity index (χ4n) is 5.13. The van der Waals surface area contributed by atoms with E-state index in [2.05, 4.69) is 14.2 Å². The van der Waals surface area contributed by atoms with Crippen molar-refractivity contribution < 1.29 is 50.5 Å². The van der Waals surface area contributed by atoms with Crippen molar-refractivity contribution in [2.24, 2.45) is 23.2 Å². The smallest absolute Gasteiger partial charge is 0.464 e. The highest BCUT2D eigenvalue weighted by atomic mass is 19.4. The molecule has 30 heavy (non-hydrogen) atoms. The zero-order valence-corrected chi connectivity index (χ0v) is 16.5. The van der Waals surface area contributed by atoms with E-state index in [-0.39, 0.29) is 31.0 Å². The van der Waals surface area contributed by atoms with E-state index in [4.69, 9.17) is 0 Å². The SMILES string of the molecule is COC(=O)C(OCCC(C)(F)F)(OC(=O)C12CC3CC(C1)C(=O)C(C3)C2)C(F)(F)F. The molecular formula is C19H23F5O6. The zero-order chi connectivity index (χ0) is 22.5. The highest BCUT2D eigenvalue weighted by Crippen LogP contribution is 2.59. The quantitative estimate of drug-likeness (QED) is 0.342. The molecule has 0 heterocycles. The van der Waals surface area contributed by atoms with E-state index in [0.717, 1.165) is 0 Å². The number of Topliss-reactive ketones (excluding diaryl/α,β-unsaturated/α-hetero) is 1. The van der Waals surface area contributed by atoms with Crippen molar-refractivity contribution in [1.29, 1.82) is 0 Å². The van der Waals surface area contributed by atoms with E-state index in [1.54, 1.807) is 0 Å². The summed E-state index contributed by atoms with van der Waals surface area (Å²) in [6, 6.07) is 0. The Labute approximate surface area is 169 Å². The standard InChI is InChI=1S/C19H23F5O6/c1-16(20,21)3-4-29-18(15(27)28-2,19(22,23)24)30-14(26)17-7-10-5-11(8-17)13(25)12(6-10)9-17/h10-12H,3-9H2,1-2H3. The van der Waals surface area contributed by atoms with Crippen LogP contribution in [0.3, 0.4) is 0 Å². The van der Waals surface area contributed by atoms with Crippen LogP contribution in [0.2, 0.25) is 0 Å². The molecule has 6 nitrogen and oxygen atoms in total. The number of carbonyl (C=O) groups excluding carboxylic acids is 3. The van der Waals surface area contributed by atoms with Gasteiger partial charge in [-0.1, -0.05) is 0 Å². The van der Waals surface area contributed by atoms with Gasteiger partial charge < -0.3 is 14.2 Å². The predicted molar refractivity (Wildman–Crippen MR) is 89.1 cm³/mol. The topological polar surface area (TPSA) is 78.9 Å². The average Bonchev–Trinajstić information content (AvgIpc) is 2.61. The summed E-state index contributed by atoms with van der Waals surface area (Å²) in [6.45, 7) is -0.729. The number of esters is 2. The van der Waals surface area contributed by atoms with Crippen molar-refractivity contribution in [2.75, 3.05) is 13.7 Å². The molecule has 0 N–H and O–H groups in total. The van der Waals surface area contributed by atoms with Gasteiger partial charge >= 0.3 is 23.9 Å². The highest BCUT2D eigenvalue weighted by molar-refractivity contribution is 5.91. The number of ether oxygens (including phenoxy) is 3. The van der Waals surface area contributed by atoms with Crippen LogP contribution in [0, 0.1) is 23.2 Å². The number of hydrogen-bond acceptors (Lipinski definition) is 6. The first-order valence-electron chi connectivity index (χ1n) is 9.67. The van der Waals surface area contributed by atoms with Crippen molar-refractivity contribution >= 4 is 17.7 Å². The molecule has 4 bridgehead atoms. The molecule has 0 aromatic carbocycles. The monoisotopic (exact) mass is 442 g/mol. The molecule has 0 spiro atoms. The van der Waals surface area contributed by atoms with Crippen LogP contribution in [0.4, 0.5) is 22.0 Å². The van der Waals surface area contributed by atoms with E-state index >= 15 is 0 Å². The molecule has 4 aliphatic rings. The van der Waals surface area contributed by atoms with Gasteiger partial charge in [0, 0.05) is 18.3 Å². The lowest BCUT2D eigenvalue weighted by atomic mass is 9.49. The number of rotatable bonds is 7. The Morgan fingerprint density at radius 3 is 2.10 bits per heavy atom. The van der Waals surface area contributed by atoms with Crippen molar-refractivity contribution in [3.05, 3.63) is 0 Å². The van der Waals surface area contributed by atoms with Crippen molar-refractivity contribution in [3.63, 3.8) is 0 Å². The maximum atomic E-state index is 13.9. The van der Waals surface area contributed by atoms with Crippen LogP contribution >= 0.6 is 0 Å². The molecular weight excluding hydrogens is 419 g/mol. The summed E-state index contributed by atoms with van der Waals surface area (Å²) in [5, 5.41) is 0. The third-order valence-electron chi connectivity index (χ3n) is 6.34. The van der Waals surface area contributed by atoms with Crippen LogP contribution in [-0.2, 0) is 28.6 Å². The van der Waals surface area contributed by atoms with Gasteiger partial charge in [0.25, 0.3) is 0 Å². The van der Waals surface area contributed by atoms with E-state index in [0.29, 0.717) is 26.9 Å². The summed E-state index contributed by atoms with van der Waals surface area (Å²) >= 11 is 0. The van der Waals surface area contributed by atoms with Gasteiger partial charge in [-0.25, -0.2) is 13.6 Å². The molecule has 4 fully saturated rings. The molecule has 0 aromatic rings. The first kappa shape index (κ1) is 22.9. The van der Waals surface area contributed by atoms with Gasteiger partial charge in [-0.2, -0.15) is 13.2 Å². The van der Waals surface area contributed by atoms with Gasteiger partial charge in [-0.15, -0.1) is 0 Å². The maximum Gasteiger partial charge on any atom is 0.468 e. The molecule has 4 saturated carbocycles. The van der Waals surface area contributed by atoms with Gasteiger partial charge in [-0.05, 0) is 44.9 Å². The molecule has 0 amide bonds. The molecule has 0 saturated heterocycles. The summed E-state index contributed by atoms with van der Waals surface area (Å²) in [5.74, 6) is -11.8. The Hall–Kier alpha value is -1.78. The third kappa shape index (κ3) is 3.92. The summed E-state index contributed by atoms with van der Waals surface area (Å²) in [4.78, 5) is 37.3. The molecule has 0 aliphatic heterocycles. The minimum Gasteiger partial charge on any atom is -0.464 e. The minimum atomic E-state index is -5.57. The Kier molecular flexibility index (Phi) is 5.66. The third-order valence-corrected chi connectivity index (χ3v) is 6.34. The number of halogens is 5. The van der Waals surface area contributed by atoms with Crippen LogP contribution < -0.4 is 0 Å². The van der Waals surface area contributed by atoms with E-state index in [9.17, 15) is 36.3 Å². The van der Waals surface area contributed by atoms with Gasteiger partial charge in [0.15, 0.2) is 0 Å². The second kappa shape index (κ2) is 7.42. The first-order chi connectivity index (χ1) is 13.7. The fraction of sp³-hybridized carbons (Fsp3) is 0.842. The number of methoxy groups -OCH3 is 1. The van der Waals surface area contributed by atoms with Crippen molar-refractivity contribution in [1.82, 2.24) is 0 Å². The molecule has 4 rings (SSSR count). The van der Waals surface area contributed by atoms with Crippen molar-refractivity contribution in [3.8, 4) is 0 Å². The Bertz CT molecular complexity index is 712. The van der Waals surface area contributed by atoms with Crippen LogP contribution in [0.25, 0.3) is 0 Å². The highest BCUT2D eigenvalue weighted by Gasteiger charge is 2.70. The molecule has 170 valence electrons. The lowest BCUT2D eigenvalue weighted by Crippen LogP contribution is -2.62. The van der Waals surface area contributed by atoms with Crippen molar-refractivity contribution in [2.45, 2.75) is 63.3 Å². The summed E-state index contributed by atoms with van der Waals surface area (Å²) < 4.78 is 81.1. The Morgan fingerprint density at radius 1 is 1.07 bits per heavy atom. The largest absolute Gasteiger partial charge is 0.468 e. The number of ketones is 1. The number of carbonyl (C=O) groups is 3. The fourth-order valence-corrected chi connectivity index (χ4v) is 5.13. The van der Waals surface area contributed by atoms with Crippen LogP contribution in [0.15, 0.2) is 0 Å². The van der Waals surface area contributed by atoms with Crippen LogP contribution in [0.5, 0.6) is 0 Å². The van der Waals surface area contributed by atoms with E-state index in [1.807, 2.05) is 0 Å². The minimum absolute atomic E-state index is 0.00542. The predicted octanol–water partition coefficient (Wildman–Crippen LogP) is 3.42.